The average Bonchev–Trinajstić information content (AvgIpc) is 3.11. The summed E-state index contributed by atoms with van der Waals surface area (Å²) in [5.74, 6) is 1.46. The molecule has 2 aromatic carbocycles. The number of amides is 1. The second-order valence-corrected chi connectivity index (χ2v) is 7.85. The number of ether oxygens (including phenoxy) is 2. The summed E-state index contributed by atoms with van der Waals surface area (Å²) in [6.45, 7) is 4.95. The van der Waals surface area contributed by atoms with Crippen LogP contribution in [-0.2, 0) is 4.79 Å². The van der Waals surface area contributed by atoms with E-state index in [2.05, 4.69) is 15.5 Å². The van der Waals surface area contributed by atoms with Gasteiger partial charge in [-0.15, -0.1) is 11.3 Å². The molecule has 3 aromatic rings. The molecule has 0 saturated carbocycles. The molecule has 0 radical (unpaired) electrons. The summed E-state index contributed by atoms with van der Waals surface area (Å²) in [5.41, 5.74) is 4.26. The van der Waals surface area contributed by atoms with Gasteiger partial charge in [-0.1, -0.05) is 23.9 Å². The Morgan fingerprint density at radius 2 is 2.04 bits per heavy atom. The molecule has 0 unspecified atom stereocenters. The second-order valence-electron chi connectivity index (χ2n) is 5.60. The third-order valence-corrected chi connectivity index (χ3v) is 5.77. The first kappa shape index (κ1) is 20.2. The number of hydrazone groups is 1. The Kier molecular flexibility index (Phi) is 7.27. The van der Waals surface area contributed by atoms with Gasteiger partial charge in [-0.05, 0) is 38.1 Å². The molecule has 1 N–H and O–H groups in total. The van der Waals surface area contributed by atoms with Crippen LogP contribution in [0.5, 0.6) is 11.5 Å². The Bertz CT molecular complexity index is 939. The molecular formula is C20H21N3O3S2. The molecule has 146 valence electrons. The summed E-state index contributed by atoms with van der Waals surface area (Å²) in [6.07, 6.45) is 1.57. The topological polar surface area (TPSA) is 72.8 Å². The molecule has 0 aliphatic rings. The maximum Gasteiger partial charge on any atom is 0.250 e. The van der Waals surface area contributed by atoms with Gasteiger partial charge >= 0.3 is 0 Å². The first-order chi connectivity index (χ1) is 13.7. The monoisotopic (exact) mass is 415 g/mol. The number of thiazole rings is 1. The zero-order chi connectivity index (χ0) is 19.8. The van der Waals surface area contributed by atoms with Crippen LogP contribution in [0.2, 0.25) is 0 Å². The average molecular weight is 416 g/mol. The van der Waals surface area contributed by atoms with E-state index >= 15 is 0 Å². The van der Waals surface area contributed by atoms with Crippen molar-refractivity contribution in [1.82, 2.24) is 10.4 Å². The fourth-order valence-electron chi connectivity index (χ4n) is 2.40. The molecule has 0 fully saturated rings. The molecule has 0 aliphatic heterocycles. The first-order valence-electron chi connectivity index (χ1n) is 8.89. The summed E-state index contributed by atoms with van der Waals surface area (Å²) in [7, 11) is 0. The number of fused-ring (bicyclic) bond motifs is 1. The van der Waals surface area contributed by atoms with Crippen molar-refractivity contribution in [1.29, 1.82) is 0 Å². The summed E-state index contributed by atoms with van der Waals surface area (Å²) < 4.78 is 13.1. The molecule has 3 rings (SSSR count). The fraction of sp³-hybridized carbons (Fsp3) is 0.250. The maximum atomic E-state index is 12.1. The van der Waals surface area contributed by atoms with E-state index in [0.717, 1.165) is 25.9 Å². The maximum absolute atomic E-state index is 12.1. The number of aromatic nitrogens is 1. The number of benzene rings is 2. The lowest BCUT2D eigenvalue weighted by Crippen LogP contribution is -2.19. The predicted octanol–water partition coefficient (Wildman–Crippen LogP) is 4.34. The van der Waals surface area contributed by atoms with Crippen LogP contribution in [0.1, 0.15) is 19.4 Å². The van der Waals surface area contributed by atoms with Crippen molar-refractivity contribution >= 4 is 45.4 Å². The van der Waals surface area contributed by atoms with Gasteiger partial charge < -0.3 is 9.47 Å². The Morgan fingerprint density at radius 1 is 1.21 bits per heavy atom. The molecule has 8 heteroatoms. The van der Waals surface area contributed by atoms with Crippen LogP contribution in [0, 0.1) is 0 Å². The quantitative estimate of drug-likeness (QED) is 0.320. The van der Waals surface area contributed by atoms with Crippen molar-refractivity contribution in [3.05, 3.63) is 48.0 Å². The molecule has 6 nitrogen and oxygen atoms in total. The van der Waals surface area contributed by atoms with Crippen molar-refractivity contribution in [2.24, 2.45) is 5.10 Å². The SMILES string of the molecule is CCOc1ccc(/C=N\NC(=O)CSc2nc3ccccc3s2)c(OCC)c1. The summed E-state index contributed by atoms with van der Waals surface area (Å²) in [6, 6.07) is 13.4. The number of nitrogens with zero attached hydrogens (tertiary/aromatic N) is 2. The third-order valence-electron chi connectivity index (χ3n) is 3.59. The number of hydrogen-bond acceptors (Lipinski definition) is 7. The molecule has 0 saturated heterocycles. The molecule has 0 spiro atoms. The normalized spacial score (nSPS) is 11.1. The van der Waals surface area contributed by atoms with E-state index < -0.39 is 0 Å². The summed E-state index contributed by atoms with van der Waals surface area (Å²) in [4.78, 5) is 16.6. The number of hydrogen-bond donors (Lipinski definition) is 1. The van der Waals surface area contributed by atoms with Crippen LogP contribution in [0.4, 0.5) is 0 Å². The van der Waals surface area contributed by atoms with Gasteiger partial charge in [0, 0.05) is 11.6 Å². The van der Waals surface area contributed by atoms with Crippen LogP contribution in [0.15, 0.2) is 51.9 Å². The second kappa shape index (κ2) is 10.1. The fourth-order valence-corrected chi connectivity index (χ4v) is 4.27. The lowest BCUT2D eigenvalue weighted by molar-refractivity contribution is -0.118. The molecular weight excluding hydrogens is 394 g/mol. The van der Waals surface area contributed by atoms with Gasteiger partial charge in [0.1, 0.15) is 11.5 Å². The van der Waals surface area contributed by atoms with Crippen LogP contribution in [0.25, 0.3) is 10.2 Å². The molecule has 0 bridgehead atoms. The van der Waals surface area contributed by atoms with Gasteiger partial charge in [0.15, 0.2) is 4.34 Å². The smallest absolute Gasteiger partial charge is 0.250 e. The van der Waals surface area contributed by atoms with Crippen molar-refractivity contribution in [3.8, 4) is 11.5 Å². The highest BCUT2D eigenvalue weighted by atomic mass is 32.2. The molecule has 1 heterocycles. The summed E-state index contributed by atoms with van der Waals surface area (Å²) in [5, 5.41) is 4.04. The van der Waals surface area contributed by atoms with Crippen molar-refractivity contribution < 1.29 is 14.3 Å². The Labute approximate surface area is 172 Å². The van der Waals surface area contributed by atoms with E-state index in [1.807, 2.05) is 56.3 Å². The Morgan fingerprint density at radius 3 is 2.82 bits per heavy atom. The van der Waals surface area contributed by atoms with E-state index in [1.165, 1.54) is 11.8 Å². The molecule has 28 heavy (non-hydrogen) atoms. The number of rotatable bonds is 9. The highest BCUT2D eigenvalue weighted by Gasteiger charge is 2.08. The Balaban J connectivity index is 1.55. The predicted molar refractivity (Wildman–Crippen MR) is 115 cm³/mol. The van der Waals surface area contributed by atoms with Gasteiger partial charge in [0.05, 0.1) is 35.4 Å². The van der Waals surface area contributed by atoms with Gasteiger partial charge in [0.25, 0.3) is 5.91 Å². The largest absolute Gasteiger partial charge is 0.494 e. The number of para-hydroxylation sites is 1. The zero-order valence-electron chi connectivity index (χ0n) is 15.7. The highest BCUT2D eigenvalue weighted by molar-refractivity contribution is 8.01. The summed E-state index contributed by atoms with van der Waals surface area (Å²) >= 11 is 2.98. The molecule has 0 aliphatic carbocycles. The van der Waals surface area contributed by atoms with E-state index in [-0.39, 0.29) is 11.7 Å². The number of carbonyl (C=O) groups is 1. The van der Waals surface area contributed by atoms with Crippen molar-refractivity contribution in [2.75, 3.05) is 19.0 Å². The van der Waals surface area contributed by atoms with E-state index in [0.29, 0.717) is 19.0 Å². The minimum atomic E-state index is -0.190. The van der Waals surface area contributed by atoms with Crippen molar-refractivity contribution in [2.45, 2.75) is 18.2 Å². The van der Waals surface area contributed by atoms with Crippen LogP contribution in [-0.4, -0.2) is 36.1 Å². The number of thioether (sulfide) groups is 1. The molecule has 0 atom stereocenters. The van der Waals surface area contributed by atoms with Gasteiger partial charge in [0.2, 0.25) is 0 Å². The minimum absolute atomic E-state index is 0.190. The lowest BCUT2D eigenvalue weighted by Gasteiger charge is -2.09. The molecule has 1 amide bonds. The van der Waals surface area contributed by atoms with Gasteiger partial charge in [-0.25, -0.2) is 10.4 Å². The van der Waals surface area contributed by atoms with Gasteiger partial charge in [-0.3, -0.25) is 4.79 Å². The zero-order valence-corrected chi connectivity index (χ0v) is 17.3. The minimum Gasteiger partial charge on any atom is -0.494 e. The van der Waals surface area contributed by atoms with Crippen molar-refractivity contribution in [3.63, 3.8) is 0 Å². The number of nitrogens with one attached hydrogen (secondary N) is 1. The van der Waals surface area contributed by atoms with Crippen LogP contribution >= 0.6 is 23.1 Å². The standard InChI is InChI=1S/C20H21N3O3S2/c1-3-25-15-10-9-14(17(11-15)26-4-2)12-21-23-19(24)13-27-20-22-16-7-5-6-8-18(16)28-20/h5-12H,3-4,13H2,1-2H3,(H,23,24)/b21-12-. The first-order valence-corrected chi connectivity index (χ1v) is 10.7. The number of carbonyl (C=O) groups excluding carboxylic acids is 1. The third kappa shape index (κ3) is 5.46. The lowest BCUT2D eigenvalue weighted by atomic mass is 10.2. The van der Waals surface area contributed by atoms with E-state index in [1.54, 1.807) is 17.6 Å². The Hall–Kier alpha value is -2.58. The van der Waals surface area contributed by atoms with Crippen LogP contribution < -0.4 is 14.9 Å². The van der Waals surface area contributed by atoms with Crippen LogP contribution in [0.3, 0.4) is 0 Å². The molecule has 1 aromatic heterocycles. The van der Waals surface area contributed by atoms with Gasteiger partial charge in [-0.2, -0.15) is 5.10 Å². The highest BCUT2D eigenvalue weighted by Crippen LogP contribution is 2.29. The van der Waals surface area contributed by atoms with E-state index in [4.69, 9.17) is 9.47 Å². The van der Waals surface area contributed by atoms with E-state index in [9.17, 15) is 4.79 Å².